The van der Waals surface area contributed by atoms with E-state index in [0.717, 1.165) is 12.1 Å². The van der Waals surface area contributed by atoms with Crippen molar-refractivity contribution in [1.82, 2.24) is 0 Å². The van der Waals surface area contributed by atoms with Gasteiger partial charge in [0.05, 0.1) is 13.0 Å². The number of carbonyl (C=O) groups is 1. The zero-order valence-electron chi connectivity index (χ0n) is 12.9. The van der Waals surface area contributed by atoms with Crippen LogP contribution in [0.1, 0.15) is 32.8 Å². The van der Waals surface area contributed by atoms with Crippen LogP contribution in [0, 0.1) is 0 Å². The number of para-hydroxylation sites is 1. The molecule has 0 spiro atoms. The highest BCUT2D eigenvalue weighted by Gasteiger charge is 2.15. The van der Waals surface area contributed by atoms with Crippen LogP contribution < -0.4 is 5.32 Å². The molecular formula is C16H25NO3. The van der Waals surface area contributed by atoms with Gasteiger partial charge in [0.2, 0.25) is 0 Å². The van der Waals surface area contributed by atoms with E-state index in [4.69, 9.17) is 9.47 Å². The van der Waals surface area contributed by atoms with E-state index in [1.807, 2.05) is 39.0 Å². The maximum atomic E-state index is 11.6. The first kappa shape index (κ1) is 16.5. The molecule has 0 heterocycles. The second-order valence-corrected chi connectivity index (χ2v) is 5.66. The van der Waals surface area contributed by atoms with Crippen LogP contribution in [0.25, 0.3) is 0 Å². The standard InChI is InChI=1S/C16H25NO3/c1-16(2,3)20-15(18)9-11-17-14-8-6-5-7-13(14)10-12-19-4/h5-8,17H,9-12H2,1-4H3. The Kier molecular flexibility index (Phi) is 6.52. The van der Waals surface area contributed by atoms with E-state index in [1.165, 1.54) is 5.56 Å². The van der Waals surface area contributed by atoms with Gasteiger partial charge in [0.15, 0.2) is 0 Å². The van der Waals surface area contributed by atoms with Crippen molar-refractivity contribution in [1.29, 1.82) is 0 Å². The van der Waals surface area contributed by atoms with Crippen LogP contribution >= 0.6 is 0 Å². The summed E-state index contributed by atoms with van der Waals surface area (Å²) in [5.74, 6) is -0.181. The zero-order chi connectivity index (χ0) is 15.0. The lowest BCUT2D eigenvalue weighted by atomic mass is 10.1. The van der Waals surface area contributed by atoms with E-state index in [1.54, 1.807) is 7.11 Å². The van der Waals surface area contributed by atoms with Crippen molar-refractivity contribution in [2.24, 2.45) is 0 Å². The van der Waals surface area contributed by atoms with E-state index in [2.05, 4.69) is 11.4 Å². The third-order valence-corrected chi connectivity index (χ3v) is 2.66. The largest absolute Gasteiger partial charge is 0.460 e. The number of esters is 1. The van der Waals surface area contributed by atoms with Crippen LogP contribution in [0.2, 0.25) is 0 Å². The van der Waals surface area contributed by atoms with Crippen LogP contribution in [-0.2, 0) is 20.7 Å². The van der Waals surface area contributed by atoms with Gasteiger partial charge < -0.3 is 14.8 Å². The topological polar surface area (TPSA) is 47.6 Å². The zero-order valence-corrected chi connectivity index (χ0v) is 12.9. The molecule has 0 aliphatic heterocycles. The van der Waals surface area contributed by atoms with Crippen LogP contribution in [0.15, 0.2) is 24.3 Å². The Morgan fingerprint density at radius 2 is 1.95 bits per heavy atom. The first-order valence-corrected chi connectivity index (χ1v) is 6.95. The molecule has 1 aromatic rings. The summed E-state index contributed by atoms with van der Waals surface area (Å²) in [6, 6.07) is 8.06. The molecule has 4 heteroatoms. The van der Waals surface area contributed by atoms with Gasteiger partial charge >= 0.3 is 5.97 Å². The van der Waals surface area contributed by atoms with Gasteiger partial charge in [-0.3, -0.25) is 4.79 Å². The molecular weight excluding hydrogens is 254 g/mol. The summed E-state index contributed by atoms with van der Waals surface area (Å²) < 4.78 is 10.4. The first-order chi connectivity index (χ1) is 9.42. The van der Waals surface area contributed by atoms with Gasteiger partial charge in [-0.2, -0.15) is 0 Å². The van der Waals surface area contributed by atoms with E-state index in [9.17, 15) is 4.79 Å². The predicted octanol–water partition coefficient (Wildman–Crippen LogP) is 3.02. The minimum absolute atomic E-state index is 0.181. The van der Waals surface area contributed by atoms with E-state index in [-0.39, 0.29) is 5.97 Å². The lowest BCUT2D eigenvalue weighted by Gasteiger charge is -2.19. The summed E-state index contributed by atoms with van der Waals surface area (Å²) in [5, 5.41) is 3.28. The molecule has 0 saturated heterocycles. The van der Waals surface area contributed by atoms with Crippen molar-refractivity contribution >= 4 is 11.7 Å². The lowest BCUT2D eigenvalue weighted by molar-refractivity contribution is -0.154. The molecule has 0 bridgehead atoms. The number of anilines is 1. The fourth-order valence-corrected chi connectivity index (χ4v) is 1.81. The molecule has 0 saturated carbocycles. The molecule has 0 unspecified atom stereocenters. The van der Waals surface area contributed by atoms with Crippen molar-refractivity contribution in [3.8, 4) is 0 Å². The van der Waals surface area contributed by atoms with Gasteiger partial charge in [-0.1, -0.05) is 18.2 Å². The molecule has 0 aromatic heterocycles. The summed E-state index contributed by atoms with van der Waals surface area (Å²) in [6.07, 6.45) is 1.21. The summed E-state index contributed by atoms with van der Waals surface area (Å²) in [7, 11) is 1.69. The Labute approximate surface area is 121 Å². The smallest absolute Gasteiger partial charge is 0.308 e. The monoisotopic (exact) mass is 279 g/mol. The molecule has 0 radical (unpaired) electrons. The molecule has 0 fully saturated rings. The van der Waals surface area contributed by atoms with Gasteiger partial charge in [-0.25, -0.2) is 0 Å². The number of benzene rings is 1. The minimum atomic E-state index is -0.423. The fraction of sp³-hybridized carbons (Fsp3) is 0.562. The number of carbonyl (C=O) groups excluding carboxylic acids is 1. The number of hydrogen-bond acceptors (Lipinski definition) is 4. The SMILES string of the molecule is COCCc1ccccc1NCCC(=O)OC(C)(C)C. The molecule has 0 atom stereocenters. The Morgan fingerprint density at radius 1 is 1.25 bits per heavy atom. The summed E-state index contributed by atoms with van der Waals surface area (Å²) in [4.78, 5) is 11.6. The average Bonchev–Trinajstić information content (AvgIpc) is 2.35. The highest BCUT2D eigenvalue weighted by Crippen LogP contribution is 2.16. The minimum Gasteiger partial charge on any atom is -0.460 e. The van der Waals surface area contributed by atoms with Crippen molar-refractivity contribution < 1.29 is 14.3 Å². The molecule has 1 rings (SSSR count). The number of methoxy groups -OCH3 is 1. The third kappa shape index (κ3) is 6.57. The molecule has 1 aromatic carbocycles. The van der Waals surface area contributed by atoms with Crippen molar-refractivity contribution in [3.05, 3.63) is 29.8 Å². The molecule has 4 nitrogen and oxygen atoms in total. The summed E-state index contributed by atoms with van der Waals surface area (Å²) >= 11 is 0. The maximum absolute atomic E-state index is 11.6. The Morgan fingerprint density at radius 3 is 2.60 bits per heavy atom. The molecule has 0 aliphatic carbocycles. The normalized spacial score (nSPS) is 11.2. The quantitative estimate of drug-likeness (QED) is 0.779. The second kappa shape index (κ2) is 7.90. The van der Waals surface area contributed by atoms with Crippen molar-refractivity contribution in [3.63, 3.8) is 0 Å². The number of hydrogen-bond donors (Lipinski definition) is 1. The van der Waals surface area contributed by atoms with E-state index < -0.39 is 5.60 Å². The number of nitrogens with one attached hydrogen (secondary N) is 1. The third-order valence-electron chi connectivity index (χ3n) is 2.66. The van der Waals surface area contributed by atoms with E-state index >= 15 is 0 Å². The second-order valence-electron chi connectivity index (χ2n) is 5.66. The highest BCUT2D eigenvalue weighted by molar-refractivity contribution is 5.70. The number of rotatable bonds is 7. The van der Waals surface area contributed by atoms with Crippen LogP contribution in [0.5, 0.6) is 0 Å². The lowest BCUT2D eigenvalue weighted by Crippen LogP contribution is -2.25. The first-order valence-electron chi connectivity index (χ1n) is 6.95. The Balaban J connectivity index is 2.43. The van der Waals surface area contributed by atoms with E-state index in [0.29, 0.717) is 19.6 Å². The maximum Gasteiger partial charge on any atom is 0.308 e. The van der Waals surface area contributed by atoms with Crippen LogP contribution in [-0.4, -0.2) is 31.8 Å². The van der Waals surface area contributed by atoms with Crippen molar-refractivity contribution in [2.45, 2.75) is 39.2 Å². The average molecular weight is 279 g/mol. The van der Waals surface area contributed by atoms with Crippen LogP contribution in [0.4, 0.5) is 5.69 Å². The van der Waals surface area contributed by atoms with Gasteiger partial charge in [0.1, 0.15) is 5.60 Å². The summed E-state index contributed by atoms with van der Waals surface area (Å²) in [6.45, 7) is 6.87. The van der Waals surface area contributed by atoms with Gasteiger partial charge in [0, 0.05) is 19.3 Å². The van der Waals surface area contributed by atoms with Gasteiger partial charge in [-0.15, -0.1) is 0 Å². The van der Waals surface area contributed by atoms with Gasteiger partial charge in [-0.05, 0) is 38.8 Å². The predicted molar refractivity (Wildman–Crippen MR) is 81.0 cm³/mol. The fourth-order valence-electron chi connectivity index (χ4n) is 1.81. The summed E-state index contributed by atoms with van der Waals surface area (Å²) in [5.41, 5.74) is 1.82. The number of ether oxygens (including phenoxy) is 2. The highest BCUT2D eigenvalue weighted by atomic mass is 16.6. The van der Waals surface area contributed by atoms with Crippen LogP contribution in [0.3, 0.4) is 0 Å². The molecule has 112 valence electrons. The molecule has 20 heavy (non-hydrogen) atoms. The van der Waals surface area contributed by atoms with Crippen molar-refractivity contribution in [2.75, 3.05) is 25.6 Å². The molecule has 0 amide bonds. The molecule has 0 aliphatic rings. The van der Waals surface area contributed by atoms with Gasteiger partial charge in [0.25, 0.3) is 0 Å². The molecule has 1 N–H and O–H groups in total. The Hall–Kier alpha value is -1.55. The Bertz CT molecular complexity index is 424.